The SMILES string of the molecule is CN(CCC(=O)O)CC(=O)c1ccc([N+](=O)[O-])cc1. The molecule has 0 spiro atoms. The van der Waals surface area contributed by atoms with Gasteiger partial charge in [0.25, 0.3) is 5.69 Å². The van der Waals surface area contributed by atoms with Crippen LogP contribution in [0, 0.1) is 10.1 Å². The first-order chi connectivity index (χ1) is 8.90. The monoisotopic (exact) mass is 266 g/mol. The largest absolute Gasteiger partial charge is 0.481 e. The fourth-order valence-electron chi connectivity index (χ4n) is 1.47. The molecular formula is C12H14N2O5. The second-order valence-electron chi connectivity index (χ2n) is 4.11. The quantitative estimate of drug-likeness (QED) is 0.452. The molecule has 0 aromatic heterocycles. The molecule has 1 rings (SSSR count). The highest BCUT2D eigenvalue weighted by Crippen LogP contribution is 2.12. The number of carbonyl (C=O) groups is 2. The van der Waals surface area contributed by atoms with Crippen LogP contribution in [0.5, 0.6) is 0 Å². The van der Waals surface area contributed by atoms with Crippen LogP contribution in [-0.2, 0) is 4.79 Å². The third kappa shape index (κ3) is 4.84. The number of aliphatic carboxylic acids is 1. The van der Waals surface area contributed by atoms with E-state index in [-0.39, 0.29) is 31.0 Å². The van der Waals surface area contributed by atoms with E-state index < -0.39 is 10.9 Å². The molecule has 102 valence electrons. The topological polar surface area (TPSA) is 101 Å². The minimum Gasteiger partial charge on any atom is -0.481 e. The van der Waals surface area contributed by atoms with Crippen molar-refractivity contribution in [3.63, 3.8) is 0 Å². The zero-order chi connectivity index (χ0) is 14.4. The Morgan fingerprint density at radius 3 is 2.37 bits per heavy atom. The van der Waals surface area contributed by atoms with Crippen LogP contribution in [0.3, 0.4) is 0 Å². The van der Waals surface area contributed by atoms with Crippen molar-refractivity contribution >= 4 is 17.4 Å². The van der Waals surface area contributed by atoms with Crippen LogP contribution in [0.15, 0.2) is 24.3 Å². The smallest absolute Gasteiger partial charge is 0.304 e. The zero-order valence-electron chi connectivity index (χ0n) is 10.4. The number of carbonyl (C=O) groups excluding carboxylic acids is 1. The molecule has 0 radical (unpaired) electrons. The Hall–Kier alpha value is -2.28. The predicted octanol–water partition coefficient (Wildman–Crippen LogP) is 1.18. The molecule has 1 N–H and O–H groups in total. The summed E-state index contributed by atoms with van der Waals surface area (Å²) < 4.78 is 0. The molecule has 0 saturated heterocycles. The summed E-state index contributed by atoms with van der Waals surface area (Å²) in [6.45, 7) is 0.346. The number of carboxylic acids is 1. The number of hydrogen-bond acceptors (Lipinski definition) is 5. The minimum absolute atomic E-state index is 0.0377. The van der Waals surface area contributed by atoms with Gasteiger partial charge < -0.3 is 5.11 Å². The molecule has 0 amide bonds. The van der Waals surface area contributed by atoms with Gasteiger partial charge >= 0.3 is 5.97 Å². The zero-order valence-corrected chi connectivity index (χ0v) is 10.4. The maximum atomic E-state index is 11.8. The summed E-state index contributed by atoms with van der Waals surface area (Å²) >= 11 is 0. The van der Waals surface area contributed by atoms with Crippen molar-refractivity contribution < 1.29 is 19.6 Å². The van der Waals surface area contributed by atoms with Crippen molar-refractivity contribution in [2.45, 2.75) is 6.42 Å². The number of ketones is 1. The van der Waals surface area contributed by atoms with Gasteiger partial charge in [-0.25, -0.2) is 0 Å². The summed E-state index contributed by atoms with van der Waals surface area (Å²) in [6.07, 6.45) is -0.0377. The van der Waals surface area contributed by atoms with Crippen LogP contribution in [0.1, 0.15) is 16.8 Å². The Morgan fingerprint density at radius 2 is 1.89 bits per heavy atom. The minimum atomic E-state index is -0.922. The van der Waals surface area contributed by atoms with Gasteiger partial charge in [0, 0.05) is 24.2 Å². The third-order valence-corrected chi connectivity index (χ3v) is 2.52. The predicted molar refractivity (Wildman–Crippen MR) is 67.2 cm³/mol. The Balaban J connectivity index is 2.58. The third-order valence-electron chi connectivity index (χ3n) is 2.52. The second-order valence-corrected chi connectivity index (χ2v) is 4.11. The van der Waals surface area contributed by atoms with Gasteiger partial charge in [0.05, 0.1) is 17.9 Å². The number of non-ortho nitro benzene ring substituents is 1. The number of Topliss-reactive ketones (excluding diaryl/α,β-unsaturated/α-hetero) is 1. The number of rotatable bonds is 7. The molecule has 0 unspecified atom stereocenters. The molecule has 0 aliphatic heterocycles. The van der Waals surface area contributed by atoms with Crippen molar-refractivity contribution in [1.29, 1.82) is 0 Å². The van der Waals surface area contributed by atoms with Crippen molar-refractivity contribution in [3.8, 4) is 0 Å². The highest BCUT2D eigenvalue weighted by atomic mass is 16.6. The number of nitro benzene ring substituents is 1. The molecule has 0 atom stereocenters. The van der Waals surface area contributed by atoms with E-state index in [1.807, 2.05) is 0 Å². The summed E-state index contributed by atoms with van der Waals surface area (Å²) in [6, 6.07) is 5.33. The first kappa shape index (κ1) is 14.8. The lowest BCUT2D eigenvalue weighted by Crippen LogP contribution is -2.28. The molecular weight excluding hydrogens is 252 g/mol. The van der Waals surface area contributed by atoms with Gasteiger partial charge in [-0.15, -0.1) is 0 Å². The number of carboxylic acid groups (broad SMARTS) is 1. The van der Waals surface area contributed by atoms with Crippen molar-refractivity contribution in [2.24, 2.45) is 0 Å². The van der Waals surface area contributed by atoms with Crippen molar-refractivity contribution in [2.75, 3.05) is 20.1 Å². The molecule has 7 nitrogen and oxygen atoms in total. The average Bonchev–Trinajstić information content (AvgIpc) is 2.36. The lowest BCUT2D eigenvalue weighted by Gasteiger charge is -2.14. The van der Waals surface area contributed by atoms with Crippen LogP contribution in [0.2, 0.25) is 0 Å². The van der Waals surface area contributed by atoms with Crippen LogP contribution in [0.25, 0.3) is 0 Å². The second kappa shape index (κ2) is 6.60. The summed E-state index contributed by atoms with van der Waals surface area (Å²) in [7, 11) is 1.65. The fourth-order valence-corrected chi connectivity index (χ4v) is 1.47. The first-order valence-electron chi connectivity index (χ1n) is 5.58. The highest BCUT2D eigenvalue weighted by molar-refractivity contribution is 5.97. The van der Waals surface area contributed by atoms with Crippen molar-refractivity contribution in [3.05, 3.63) is 39.9 Å². The van der Waals surface area contributed by atoms with Crippen molar-refractivity contribution in [1.82, 2.24) is 4.90 Å². The molecule has 7 heteroatoms. The molecule has 0 bridgehead atoms. The molecule has 19 heavy (non-hydrogen) atoms. The van der Waals surface area contributed by atoms with E-state index in [0.29, 0.717) is 5.56 Å². The van der Waals surface area contributed by atoms with Gasteiger partial charge in [-0.2, -0.15) is 0 Å². The number of nitrogens with zero attached hydrogens (tertiary/aromatic N) is 2. The molecule has 0 aliphatic rings. The average molecular weight is 266 g/mol. The van der Waals surface area contributed by atoms with E-state index in [1.54, 1.807) is 11.9 Å². The number of benzene rings is 1. The van der Waals surface area contributed by atoms with Gasteiger partial charge in [-0.3, -0.25) is 24.6 Å². The van der Waals surface area contributed by atoms with E-state index >= 15 is 0 Å². The highest BCUT2D eigenvalue weighted by Gasteiger charge is 2.12. The molecule has 1 aromatic rings. The van der Waals surface area contributed by atoms with Crippen LogP contribution in [0.4, 0.5) is 5.69 Å². The van der Waals surface area contributed by atoms with Gasteiger partial charge in [-0.05, 0) is 19.2 Å². The van der Waals surface area contributed by atoms with Gasteiger partial charge in [0.2, 0.25) is 0 Å². The summed E-state index contributed by atoms with van der Waals surface area (Å²) in [5, 5.41) is 19.0. The normalized spacial score (nSPS) is 10.4. The van der Waals surface area contributed by atoms with E-state index in [2.05, 4.69) is 0 Å². The molecule has 0 heterocycles. The van der Waals surface area contributed by atoms with E-state index in [9.17, 15) is 19.7 Å². The standard InChI is InChI=1S/C12H14N2O5/c1-13(7-6-12(16)17)8-11(15)9-2-4-10(5-3-9)14(18)19/h2-5H,6-8H2,1H3,(H,16,17). The lowest BCUT2D eigenvalue weighted by atomic mass is 10.1. The summed E-state index contributed by atoms with van der Waals surface area (Å²) in [5.74, 6) is -1.13. The summed E-state index contributed by atoms with van der Waals surface area (Å²) in [4.78, 5) is 33.7. The maximum Gasteiger partial charge on any atom is 0.304 e. The van der Waals surface area contributed by atoms with E-state index in [1.165, 1.54) is 24.3 Å². The van der Waals surface area contributed by atoms with E-state index in [0.717, 1.165) is 0 Å². The molecule has 0 saturated carbocycles. The molecule has 1 aromatic carbocycles. The molecule has 0 fully saturated rings. The maximum absolute atomic E-state index is 11.8. The van der Waals surface area contributed by atoms with E-state index in [4.69, 9.17) is 5.11 Å². The Labute approximate surface area is 109 Å². The Bertz CT molecular complexity index is 483. The Kier molecular flexibility index (Phi) is 5.13. The Morgan fingerprint density at radius 1 is 1.32 bits per heavy atom. The summed E-state index contributed by atoms with van der Waals surface area (Å²) in [5.41, 5.74) is 0.295. The number of nitro groups is 1. The number of hydrogen-bond donors (Lipinski definition) is 1. The lowest BCUT2D eigenvalue weighted by molar-refractivity contribution is -0.384. The van der Waals surface area contributed by atoms with Gasteiger partial charge in [-0.1, -0.05) is 0 Å². The fraction of sp³-hybridized carbons (Fsp3) is 0.333. The van der Waals surface area contributed by atoms with Gasteiger partial charge in [0.1, 0.15) is 0 Å². The van der Waals surface area contributed by atoms with Crippen LogP contribution >= 0.6 is 0 Å². The van der Waals surface area contributed by atoms with Crippen LogP contribution in [-0.4, -0.2) is 46.8 Å². The van der Waals surface area contributed by atoms with Crippen LogP contribution < -0.4 is 0 Å². The molecule has 0 aliphatic carbocycles. The first-order valence-corrected chi connectivity index (χ1v) is 5.58. The van der Waals surface area contributed by atoms with Gasteiger partial charge in [0.15, 0.2) is 5.78 Å². The number of likely N-dealkylation sites (N-methyl/N-ethyl adjacent to an activating group) is 1.